The monoisotopic (exact) mass is 298 g/mol. The van der Waals surface area contributed by atoms with E-state index in [1.165, 1.54) is 31.2 Å². The van der Waals surface area contributed by atoms with Crippen molar-refractivity contribution < 1.29 is 22.3 Å². The average molecular weight is 298 g/mol. The van der Waals surface area contributed by atoms with Gasteiger partial charge in [-0.25, -0.2) is 0 Å². The smallest absolute Gasteiger partial charge is 0.371 e. The molecule has 0 N–H and O–H groups in total. The molecule has 106 valence electrons. The van der Waals surface area contributed by atoms with Crippen molar-refractivity contribution >= 4 is 21.9 Å². The second-order valence-electron chi connectivity index (χ2n) is 4.03. The van der Waals surface area contributed by atoms with Crippen molar-refractivity contribution in [3.05, 3.63) is 51.8 Å². The second kappa shape index (κ2) is 4.93. The van der Waals surface area contributed by atoms with E-state index in [0.717, 1.165) is 6.08 Å². The molecule has 0 bridgehead atoms. The summed E-state index contributed by atoms with van der Waals surface area (Å²) in [5.41, 5.74) is -0.159. The first-order valence-electron chi connectivity index (χ1n) is 5.48. The minimum absolute atomic E-state index is 0.0474. The number of carbonyl (C=O) groups excluding carboxylic acids is 1. The Kier molecular flexibility index (Phi) is 3.45. The summed E-state index contributed by atoms with van der Waals surface area (Å²) in [5.74, 6) is -0.847. The molecule has 0 atom stereocenters. The lowest BCUT2D eigenvalue weighted by Crippen LogP contribution is -2.39. The zero-order chi connectivity index (χ0) is 14.9. The summed E-state index contributed by atoms with van der Waals surface area (Å²) >= 11 is 0. The molecule has 0 radical (unpaired) electrons. The highest BCUT2D eigenvalue weighted by Gasteiger charge is 2.34. The number of hydrogen-bond donors (Lipinski definition) is 0. The Hall–Kier alpha value is -2.42. The first kappa shape index (κ1) is 14.0. The SMILES string of the molecule is CC1=CC(=O)N(Cc2ccccc2[N+](=O)[O-])S(=O)(=O)O1. The summed E-state index contributed by atoms with van der Waals surface area (Å²) in [6.07, 6.45) is 1.01. The number of nitrogens with zero attached hydrogens (tertiary/aromatic N) is 2. The third-order valence-electron chi connectivity index (χ3n) is 2.58. The molecule has 1 aromatic carbocycles. The molecule has 2 rings (SSSR count). The van der Waals surface area contributed by atoms with E-state index >= 15 is 0 Å². The molecule has 1 aliphatic rings. The number of para-hydroxylation sites is 1. The van der Waals surface area contributed by atoms with Gasteiger partial charge in [0.1, 0.15) is 5.76 Å². The van der Waals surface area contributed by atoms with Crippen LogP contribution in [0.2, 0.25) is 0 Å². The van der Waals surface area contributed by atoms with Crippen LogP contribution in [0.5, 0.6) is 0 Å². The molecule has 0 saturated heterocycles. The Morgan fingerprint density at radius 1 is 1.35 bits per heavy atom. The summed E-state index contributed by atoms with van der Waals surface area (Å²) < 4.78 is 28.6. The fourth-order valence-corrected chi connectivity index (χ4v) is 2.77. The molecule has 0 unspecified atom stereocenters. The van der Waals surface area contributed by atoms with Gasteiger partial charge in [0.2, 0.25) is 0 Å². The van der Waals surface area contributed by atoms with E-state index in [2.05, 4.69) is 4.18 Å². The van der Waals surface area contributed by atoms with Gasteiger partial charge in [0, 0.05) is 12.1 Å². The van der Waals surface area contributed by atoms with Gasteiger partial charge in [0.25, 0.3) is 11.6 Å². The van der Waals surface area contributed by atoms with Gasteiger partial charge < -0.3 is 4.18 Å². The first-order chi connectivity index (χ1) is 9.31. The molecule has 1 heterocycles. The van der Waals surface area contributed by atoms with Gasteiger partial charge in [0.05, 0.1) is 17.0 Å². The number of benzene rings is 1. The van der Waals surface area contributed by atoms with Crippen LogP contribution in [0.25, 0.3) is 0 Å². The predicted molar refractivity (Wildman–Crippen MR) is 67.4 cm³/mol. The quantitative estimate of drug-likeness (QED) is 0.611. The van der Waals surface area contributed by atoms with Gasteiger partial charge in [-0.2, -0.15) is 12.7 Å². The van der Waals surface area contributed by atoms with Crippen LogP contribution in [0.1, 0.15) is 12.5 Å². The van der Waals surface area contributed by atoms with E-state index in [1.807, 2.05) is 0 Å². The second-order valence-corrected chi connectivity index (χ2v) is 5.49. The first-order valence-corrected chi connectivity index (χ1v) is 6.84. The van der Waals surface area contributed by atoms with Crippen molar-refractivity contribution in [3.8, 4) is 0 Å². The van der Waals surface area contributed by atoms with Crippen LogP contribution in [0.4, 0.5) is 5.69 Å². The van der Waals surface area contributed by atoms with E-state index < -0.39 is 27.7 Å². The number of rotatable bonds is 3. The Bertz CT molecular complexity index is 709. The Balaban J connectivity index is 2.40. The van der Waals surface area contributed by atoms with Crippen LogP contribution >= 0.6 is 0 Å². The van der Waals surface area contributed by atoms with Crippen molar-refractivity contribution in [2.45, 2.75) is 13.5 Å². The van der Waals surface area contributed by atoms with E-state index in [4.69, 9.17) is 0 Å². The largest absolute Gasteiger partial charge is 0.412 e. The Morgan fingerprint density at radius 3 is 2.60 bits per heavy atom. The number of nitro benzene ring substituents is 1. The molecule has 1 aromatic rings. The molecule has 8 nitrogen and oxygen atoms in total. The van der Waals surface area contributed by atoms with Gasteiger partial charge in [-0.1, -0.05) is 18.2 Å². The molecular formula is C11H10N2O6S. The van der Waals surface area contributed by atoms with Crippen molar-refractivity contribution in [1.29, 1.82) is 0 Å². The van der Waals surface area contributed by atoms with Crippen LogP contribution in [0, 0.1) is 10.1 Å². The number of hydrogen-bond acceptors (Lipinski definition) is 6. The lowest BCUT2D eigenvalue weighted by molar-refractivity contribution is -0.385. The van der Waals surface area contributed by atoms with Gasteiger partial charge in [0.15, 0.2) is 0 Å². The summed E-state index contributed by atoms with van der Waals surface area (Å²) in [6, 6.07) is 5.59. The maximum Gasteiger partial charge on any atom is 0.412 e. The lowest BCUT2D eigenvalue weighted by atomic mass is 10.2. The van der Waals surface area contributed by atoms with Crippen LogP contribution < -0.4 is 0 Å². The minimum atomic E-state index is -4.27. The van der Waals surface area contributed by atoms with Crippen molar-refractivity contribution in [2.24, 2.45) is 0 Å². The topological polar surface area (TPSA) is 107 Å². The number of allylic oxidation sites excluding steroid dienone is 1. The Morgan fingerprint density at radius 2 is 2.00 bits per heavy atom. The maximum atomic E-state index is 11.8. The average Bonchev–Trinajstić information content (AvgIpc) is 2.33. The molecule has 1 amide bonds. The highest BCUT2D eigenvalue weighted by molar-refractivity contribution is 7.85. The molecule has 0 spiro atoms. The summed E-state index contributed by atoms with van der Waals surface area (Å²) in [4.78, 5) is 22.0. The normalized spacial score (nSPS) is 17.4. The standard InChI is InChI=1S/C11H10N2O6S/c1-8-6-11(14)12(20(17,18)19-8)7-9-4-2-3-5-10(9)13(15)16/h2-6H,7H2,1H3. The molecule has 0 fully saturated rings. The molecular weight excluding hydrogens is 288 g/mol. The number of carbonyl (C=O) groups is 1. The van der Waals surface area contributed by atoms with Gasteiger partial charge in [-0.15, -0.1) is 0 Å². The van der Waals surface area contributed by atoms with Crippen LogP contribution in [-0.4, -0.2) is 23.6 Å². The van der Waals surface area contributed by atoms with E-state index in [0.29, 0.717) is 4.31 Å². The zero-order valence-corrected chi connectivity index (χ0v) is 11.2. The van der Waals surface area contributed by atoms with Crippen molar-refractivity contribution in [1.82, 2.24) is 4.31 Å². The number of amides is 1. The van der Waals surface area contributed by atoms with Crippen LogP contribution in [0.3, 0.4) is 0 Å². The van der Waals surface area contributed by atoms with Gasteiger partial charge in [-0.05, 0) is 6.92 Å². The maximum absolute atomic E-state index is 11.8. The summed E-state index contributed by atoms with van der Waals surface area (Å²) in [5, 5.41) is 10.9. The summed E-state index contributed by atoms with van der Waals surface area (Å²) in [7, 11) is -4.27. The van der Waals surface area contributed by atoms with E-state index in [1.54, 1.807) is 0 Å². The highest BCUT2D eigenvalue weighted by atomic mass is 32.2. The van der Waals surface area contributed by atoms with Gasteiger partial charge >= 0.3 is 10.3 Å². The molecule has 0 aromatic heterocycles. The molecule has 9 heteroatoms. The molecule has 0 aliphatic carbocycles. The third kappa shape index (κ3) is 2.62. The summed E-state index contributed by atoms with van der Waals surface area (Å²) in [6.45, 7) is 0.875. The van der Waals surface area contributed by atoms with E-state index in [9.17, 15) is 23.3 Å². The zero-order valence-electron chi connectivity index (χ0n) is 10.3. The van der Waals surface area contributed by atoms with Gasteiger partial charge in [-0.3, -0.25) is 14.9 Å². The Labute approximate surface area is 114 Å². The molecule has 1 aliphatic heterocycles. The fraction of sp³-hybridized carbons (Fsp3) is 0.182. The highest BCUT2D eigenvalue weighted by Crippen LogP contribution is 2.24. The van der Waals surface area contributed by atoms with Crippen LogP contribution in [-0.2, 0) is 25.8 Å². The minimum Gasteiger partial charge on any atom is -0.371 e. The molecule has 0 saturated carbocycles. The fourth-order valence-electron chi connectivity index (χ4n) is 1.73. The van der Waals surface area contributed by atoms with Crippen molar-refractivity contribution in [3.63, 3.8) is 0 Å². The third-order valence-corrected chi connectivity index (χ3v) is 3.90. The predicted octanol–water partition coefficient (Wildman–Crippen LogP) is 1.10. The number of nitro groups is 1. The van der Waals surface area contributed by atoms with Crippen molar-refractivity contribution in [2.75, 3.05) is 0 Å². The van der Waals surface area contributed by atoms with Crippen LogP contribution in [0.15, 0.2) is 36.1 Å². The lowest BCUT2D eigenvalue weighted by Gasteiger charge is -2.24. The molecule has 20 heavy (non-hydrogen) atoms. The van der Waals surface area contributed by atoms with E-state index in [-0.39, 0.29) is 17.0 Å².